The molecule has 0 N–H and O–H groups in total. The van der Waals surface area contributed by atoms with E-state index in [0.717, 1.165) is 6.29 Å². The van der Waals surface area contributed by atoms with Crippen LogP contribution in [0, 0.1) is 5.82 Å². The first kappa shape index (κ1) is 10.8. The van der Waals surface area contributed by atoms with Crippen molar-refractivity contribution >= 4 is 17.6 Å². The summed E-state index contributed by atoms with van der Waals surface area (Å²) in [4.78, 5) is 14.9. The van der Waals surface area contributed by atoms with Crippen LogP contribution in [-0.2, 0) is 6.61 Å². The van der Waals surface area contributed by atoms with Gasteiger partial charge in [0.25, 0.3) is 0 Å². The van der Waals surface area contributed by atoms with Gasteiger partial charge in [0.05, 0.1) is 4.88 Å². The van der Waals surface area contributed by atoms with Crippen molar-refractivity contribution in [3.8, 4) is 5.75 Å². The molecule has 16 heavy (non-hydrogen) atoms. The minimum atomic E-state index is -0.408. The molecule has 2 aromatic rings. The Morgan fingerprint density at radius 3 is 2.94 bits per heavy atom. The van der Waals surface area contributed by atoms with Crippen LogP contribution in [-0.4, -0.2) is 11.3 Å². The third-order valence-electron chi connectivity index (χ3n) is 1.88. The van der Waals surface area contributed by atoms with Crippen molar-refractivity contribution < 1.29 is 13.9 Å². The molecule has 0 unspecified atom stereocenters. The number of nitrogens with zero attached hydrogens (tertiary/aromatic N) is 1. The summed E-state index contributed by atoms with van der Waals surface area (Å²) < 4.78 is 18.4. The Kier molecular flexibility index (Phi) is 3.26. The molecular weight excluding hydrogens is 229 g/mol. The number of hydrogen-bond acceptors (Lipinski definition) is 4. The largest absolute Gasteiger partial charge is 0.483 e. The van der Waals surface area contributed by atoms with Crippen molar-refractivity contribution in [1.82, 2.24) is 4.98 Å². The third kappa shape index (κ3) is 2.43. The molecule has 0 amide bonds. The molecule has 0 aliphatic carbocycles. The Hall–Kier alpha value is -1.75. The number of aldehydes is 1. The van der Waals surface area contributed by atoms with Gasteiger partial charge in [-0.3, -0.25) is 4.79 Å². The van der Waals surface area contributed by atoms with Crippen molar-refractivity contribution in [3.05, 3.63) is 46.2 Å². The number of carbonyl (C=O) groups excluding carboxylic acids is 1. The molecule has 82 valence electrons. The van der Waals surface area contributed by atoms with Gasteiger partial charge in [0.15, 0.2) is 17.9 Å². The van der Waals surface area contributed by atoms with Gasteiger partial charge >= 0.3 is 0 Å². The highest BCUT2D eigenvalue weighted by Crippen LogP contribution is 2.18. The summed E-state index contributed by atoms with van der Waals surface area (Å²) in [7, 11) is 0. The fourth-order valence-corrected chi connectivity index (χ4v) is 1.80. The number of aromatic nitrogens is 1. The number of benzene rings is 1. The van der Waals surface area contributed by atoms with Crippen LogP contribution in [0.25, 0.3) is 0 Å². The van der Waals surface area contributed by atoms with Gasteiger partial charge in [-0.2, -0.15) is 0 Å². The number of carbonyl (C=O) groups is 1. The molecule has 1 aromatic heterocycles. The Bertz CT molecular complexity index is 498. The monoisotopic (exact) mass is 237 g/mol. The second kappa shape index (κ2) is 4.85. The van der Waals surface area contributed by atoms with E-state index in [4.69, 9.17) is 4.74 Å². The van der Waals surface area contributed by atoms with E-state index in [-0.39, 0.29) is 12.4 Å². The lowest BCUT2D eigenvalue weighted by Gasteiger charge is -2.03. The van der Waals surface area contributed by atoms with E-state index >= 15 is 0 Å². The first-order valence-electron chi connectivity index (χ1n) is 4.57. The zero-order chi connectivity index (χ0) is 11.4. The predicted molar refractivity (Wildman–Crippen MR) is 58.2 cm³/mol. The summed E-state index contributed by atoms with van der Waals surface area (Å²) >= 11 is 1.23. The molecule has 0 spiro atoms. The number of halogens is 1. The Labute approximate surface area is 95.5 Å². The zero-order valence-electron chi connectivity index (χ0n) is 8.22. The van der Waals surface area contributed by atoms with E-state index in [9.17, 15) is 9.18 Å². The first-order chi connectivity index (χ1) is 7.79. The lowest BCUT2D eigenvalue weighted by molar-refractivity contribution is 0.112. The van der Waals surface area contributed by atoms with Crippen LogP contribution in [0.5, 0.6) is 5.75 Å². The van der Waals surface area contributed by atoms with Gasteiger partial charge in [-0.1, -0.05) is 12.1 Å². The number of thiazole rings is 1. The SMILES string of the molecule is O=Cc1cnc(COc2ccccc2F)s1. The van der Waals surface area contributed by atoms with Crippen molar-refractivity contribution in [2.75, 3.05) is 0 Å². The standard InChI is InChI=1S/C11H8FNO2S/c12-9-3-1-2-4-10(9)15-7-11-13-5-8(6-14)16-11/h1-6H,7H2. The van der Waals surface area contributed by atoms with Gasteiger partial charge < -0.3 is 4.74 Å². The molecular formula is C11H8FNO2S. The summed E-state index contributed by atoms with van der Waals surface area (Å²) in [6, 6.07) is 6.16. The topological polar surface area (TPSA) is 39.2 Å². The Balaban J connectivity index is 2.02. The van der Waals surface area contributed by atoms with Gasteiger partial charge in [-0.25, -0.2) is 9.37 Å². The molecule has 0 aliphatic rings. The number of rotatable bonds is 4. The average Bonchev–Trinajstić information content (AvgIpc) is 2.76. The molecule has 0 radical (unpaired) electrons. The molecule has 5 heteroatoms. The van der Waals surface area contributed by atoms with Gasteiger partial charge in [-0.15, -0.1) is 11.3 Å². The molecule has 0 saturated heterocycles. The van der Waals surface area contributed by atoms with Crippen LogP contribution < -0.4 is 4.74 Å². The highest BCUT2D eigenvalue weighted by Gasteiger charge is 2.04. The van der Waals surface area contributed by atoms with Crippen LogP contribution >= 0.6 is 11.3 Å². The van der Waals surface area contributed by atoms with E-state index in [1.165, 1.54) is 23.6 Å². The van der Waals surface area contributed by atoms with Crippen molar-refractivity contribution in [1.29, 1.82) is 0 Å². The van der Waals surface area contributed by atoms with Crippen molar-refractivity contribution in [2.24, 2.45) is 0 Å². The van der Waals surface area contributed by atoms with E-state index < -0.39 is 5.82 Å². The highest BCUT2D eigenvalue weighted by molar-refractivity contribution is 7.13. The molecule has 0 fully saturated rings. The molecule has 0 saturated carbocycles. The number of para-hydroxylation sites is 1. The maximum absolute atomic E-state index is 13.2. The second-order valence-corrected chi connectivity index (χ2v) is 4.14. The normalized spacial score (nSPS) is 10.1. The molecule has 3 nitrogen and oxygen atoms in total. The zero-order valence-corrected chi connectivity index (χ0v) is 9.04. The maximum Gasteiger partial charge on any atom is 0.165 e. The molecule has 1 heterocycles. The quantitative estimate of drug-likeness (QED) is 0.767. The number of hydrogen-bond donors (Lipinski definition) is 0. The minimum absolute atomic E-state index is 0.166. The fourth-order valence-electron chi connectivity index (χ4n) is 1.15. The Morgan fingerprint density at radius 2 is 2.25 bits per heavy atom. The van der Waals surface area contributed by atoms with Gasteiger partial charge in [0.1, 0.15) is 11.6 Å². The lowest BCUT2D eigenvalue weighted by Crippen LogP contribution is -1.96. The summed E-state index contributed by atoms with van der Waals surface area (Å²) in [5, 5.41) is 0.644. The molecule has 2 rings (SSSR count). The summed E-state index contributed by atoms with van der Waals surface area (Å²) in [6.07, 6.45) is 2.20. The summed E-state index contributed by atoms with van der Waals surface area (Å²) in [5.74, 6) is -0.222. The van der Waals surface area contributed by atoms with E-state index in [0.29, 0.717) is 9.88 Å². The fraction of sp³-hybridized carbons (Fsp3) is 0.0909. The van der Waals surface area contributed by atoms with Crippen LogP contribution in [0.4, 0.5) is 4.39 Å². The van der Waals surface area contributed by atoms with Crippen LogP contribution in [0.15, 0.2) is 30.5 Å². The summed E-state index contributed by atoms with van der Waals surface area (Å²) in [6.45, 7) is 0.166. The van der Waals surface area contributed by atoms with Gasteiger partial charge in [0, 0.05) is 6.20 Å². The molecule has 0 bridgehead atoms. The first-order valence-corrected chi connectivity index (χ1v) is 5.38. The minimum Gasteiger partial charge on any atom is -0.483 e. The molecule has 1 aromatic carbocycles. The van der Waals surface area contributed by atoms with Crippen LogP contribution in [0.1, 0.15) is 14.7 Å². The lowest BCUT2D eigenvalue weighted by atomic mass is 10.3. The van der Waals surface area contributed by atoms with E-state index in [1.807, 2.05) is 0 Å². The third-order valence-corrected chi connectivity index (χ3v) is 2.77. The van der Waals surface area contributed by atoms with Crippen molar-refractivity contribution in [3.63, 3.8) is 0 Å². The van der Waals surface area contributed by atoms with Crippen LogP contribution in [0.3, 0.4) is 0 Å². The van der Waals surface area contributed by atoms with E-state index in [1.54, 1.807) is 18.2 Å². The summed E-state index contributed by atoms with van der Waals surface area (Å²) in [5.41, 5.74) is 0. The Morgan fingerprint density at radius 1 is 1.44 bits per heavy atom. The van der Waals surface area contributed by atoms with Gasteiger partial charge in [-0.05, 0) is 12.1 Å². The predicted octanol–water partition coefficient (Wildman–Crippen LogP) is 2.67. The average molecular weight is 237 g/mol. The number of ether oxygens (including phenoxy) is 1. The molecule has 0 atom stereocenters. The maximum atomic E-state index is 13.2. The van der Waals surface area contributed by atoms with Gasteiger partial charge in [0.2, 0.25) is 0 Å². The highest BCUT2D eigenvalue weighted by atomic mass is 32.1. The van der Waals surface area contributed by atoms with E-state index in [2.05, 4.69) is 4.98 Å². The second-order valence-electron chi connectivity index (χ2n) is 2.99. The van der Waals surface area contributed by atoms with Crippen molar-refractivity contribution in [2.45, 2.75) is 6.61 Å². The smallest absolute Gasteiger partial charge is 0.165 e. The molecule has 0 aliphatic heterocycles. The van der Waals surface area contributed by atoms with Crippen LogP contribution in [0.2, 0.25) is 0 Å².